The molecule has 1 fully saturated rings. The smallest absolute Gasteiger partial charge is 0.241 e. The number of hydrogen-bond acceptors (Lipinski definition) is 3. The van der Waals surface area contributed by atoms with Gasteiger partial charge in [-0.25, -0.2) is 8.42 Å². The van der Waals surface area contributed by atoms with Crippen molar-refractivity contribution in [1.82, 2.24) is 14.2 Å². The molecule has 1 N–H and O–H groups in total. The molecule has 25 heavy (non-hydrogen) atoms. The van der Waals surface area contributed by atoms with E-state index in [1.54, 1.807) is 4.90 Å². The number of fused-ring (bicyclic) bond motifs is 3. The van der Waals surface area contributed by atoms with Gasteiger partial charge in [-0.2, -0.15) is 4.31 Å². The molecule has 134 valence electrons. The fraction of sp³-hybridized carbons (Fsp3) is 0.471. The number of amides is 1. The molecule has 1 amide bonds. The Kier molecular flexibility index (Phi) is 4.05. The Morgan fingerprint density at radius 3 is 2.88 bits per heavy atom. The number of sulfonamides is 1. The highest BCUT2D eigenvalue weighted by Crippen LogP contribution is 2.32. The van der Waals surface area contributed by atoms with Gasteiger partial charge in [-0.3, -0.25) is 4.79 Å². The van der Waals surface area contributed by atoms with E-state index in [9.17, 15) is 13.2 Å². The van der Waals surface area contributed by atoms with Gasteiger partial charge in [-0.05, 0) is 18.9 Å². The van der Waals surface area contributed by atoms with Crippen LogP contribution in [0.2, 0.25) is 5.02 Å². The summed E-state index contributed by atoms with van der Waals surface area (Å²) in [4.78, 5) is 18.1. The fourth-order valence-corrected chi connectivity index (χ4v) is 5.33. The molecular formula is C17H20ClN3O3S. The summed E-state index contributed by atoms with van der Waals surface area (Å²) in [7, 11) is -3.36. The number of aromatic amines is 1. The first kappa shape index (κ1) is 16.9. The molecule has 6 nitrogen and oxygen atoms in total. The number of rotatable bonds is 2. The summed E-state index contributed by atoms with van der Waals surface area (Å²) >= 11 is 6.26. The van der Waals surface area contributed by atoms with Crippen LogP contribution in [0.4, 0.5) is 0 Å². The summed E-state index contributed by atoms with van der Waals surface area (Å²) in [6.07, 6.45) is 3.21. The van der Waals surface area contributed by atoms with E-state index in [-0.39, 0.29) is 5.91 Å². The van der Waals surface area contributed by atoms with Gasteiger partial charge in [0.25, 0.3) is 0 Å². The molecule has 0 aliphatic carbocycles. The number of halogens is 1. The van der Waals surface area contributed by atoms with Crippen molar-refractivity contribution in [2.75, 3.05) is 19.3 Å². The van der Waals surface area contributed by atoms with Crippen LogP contribution in [0.3, 0.4) is 0 Å². The largest absolute Gasteiger partial charge is 0.357 e. The maximum atomic E-state index is 13.0. The van der Waals surface area contributed by atoms with Gasteiger partial charge in [-0.15, -0.1) is 0 Å². The molecule has 2 aliphatic rings. The first-order valence-corrected chi connectivity index (χ1v) is 10.6. The monoisotopic (exact) mass is 381 g/mol. The van der Waals surface area contributed by atoms with Crippen LogP contribution >= 0.6 is 11.6 Å². The number of benzene rings is 1. The van der Waals surface area contributed by atoms with E-state index in [0.29, 0.717) is 31.1 Å². The van der Waals surface area contributed by atoms with Gasteiger partial charge in [0.05, 0.1) is 16.8 Å². The van der Waals surface area contributed by atoms with E-state index in [1.165, 1.54) is 10.6 Å². The van der Waals surface area contributed by atoms with Crippen LogP contribution in [0.1, 0.15) is 24.1 Å². The third-order valence-electron chi connectivity index (χ3n) is 5.19. The van der Waals surface area contributed by atoms with Crippen LogP contribution < -0.4 is 0 Å². The van der Waals surface area contributed by atoms with Gasteiger partial charge in [0.2, 0.25) is 15.9 Å². The van der Waals surface area contributed by atoms with Crippen molar-refractivity contribution in [1.29, 1.82) is 0 Å². The highest BCUT2D eigenvalue weighted by molar-refractivity contribution is 7.88. The number of para-hydroxylation sites is 1. The number of hydrogen-bond donors (Lipinski definition) is 1. The maximum Gasteiger partial charge on any atom is 0.241 e. The summed E-state index contributed by atoms with van der Waals surface area (Å²) in [5.41, 5.74) is 3.10. The predicted molar refractivity (Wildman–Crippen MR) is 97.0 cm³/mol. The van der Waals surface area contributed by atoms with Crippen LogP contribution in [0.5, 0.6) is 0 Å². The number of nitrogens with zero attached hydrogens (tertiary/aromatic N) is 2. The van der Waals surface area contributed by atoms with Gasteiger partial charge in [0, 0.05) is 42.7 Å². The van der Waals surface area contributed by atoms with E-state index in [2.05, 4.69) is 4.98 Å². The Morgan fingerprint density at radius 2 is 2.12 bits per heavy atom. The quantitative estimate of drug-likeness (QED) is 0.866. The number of aromatic nitrogens is 1. The van der Waals surface area contributed by atoms with Crippen molar-refractivity contribution < 1.29 is 13.2 Å². The lowest BCUT2D eigenvalue weighted by Gasteiger charge is -2.32. The molecule has 0 radical (unpaired) electrons. The van der Waals surface area contributed by atoms with E-state index < -0.39 is 16.1 Å². The Hall–Kier alpha value is -1.57. The fourth-order valence-electron chi connectivity index (χ4n) is 3.98. The lowest BCUT2D eigenvalue weighted by atomic mass is 10.0. The lowest BCUT2D eigenvalue weighted by molar-refractivity contribution is -0.135. The molecule has 0 saturated carbocycles. The van der Waals surface area contributed by atoms with E-state index in [0.717, 1.165) is 35.0 Å². The summed E-state index contributed by atoms with van der Waals surface area (Å²) in [6, 6.07) is 5.19. The Morgan fingerprint density at radius 1 is 1.32 bits per heavy atom. The Bertz CT molecular complexity index is 953. The molecule has 0 bridgehead atoms. The molecule has 0 spiro atoms. The lowest BCUT2D eigenvalue weighted by Crippen LogP contribution is -2.48. The second kappa shape index (κ2) is 6.00. The predicted octanol–water partition coefficient (Wildman–Crippen LogP) is 2.13. The molecule has 1 atom stereocenters. The van der Waals surface area contributed by atoms with Gasteiger partial charge in [0.1, 0.15) is 6.04 Å². The van der Waals surface area contributed by atoms with Crippen molar-refractivity contribution in [3.8, 4) is 0 Å². The first-order chi connectivity index (χ1) is 11.9. The Balaban J connectivity index is 1.63. The van der Waals surface area contributed by atoms with Crippen LogP contribution in [-0.2, 0) is 27.8 Å². The number of nitrogens with one attached hydrogen (secondary N) is 1. The molecule has 2 aromatic rings. The molecular weight excluding hydrogens is 362 g/mol. The summed E-state index contributed by atoms with van der Waals surface area (Å²) < 4.78 is 25.2. The summed E-state index contributed by atoms with van der Waals surface area (Å²) in [6.45, 7) is 1.50. The molecule has 8 heteroatoms. The first-order valence-electron chi connectivity index (χ1n) is 8.40. The molecule has 3 heterocycles. The van der Waals surface area contributed by atoms with Crippen LogP contribution in [0, 0.1) is 0 Å². The second-order valence-electron chi connectivity index (χ2n) is 6.79. The molecule has 1 aromatic carbocycles. The Labute approximate surface area is 151 Å². The zero-order valence-electron chi connectivity index (χ0n) is 14.0. The average molecular weight is 382 g/mol. The zero-order chi connectivity index (χ0) is 17.8. The average Bonchev–Trinajstić information content (AvgIpc) is 3.19. The minimum atomic E-state index is -3.36. The highest BCUT2D eigenvalue weighted by atomic mass is 35.5. The number of carbonyl (C=O) groups excluding carboxylic acids is 1. The molecule has 1 saturated heterocycles. The minimum absolute atomic E-state index is 0.0926. The van der Waals surface area contributed by atoms with Gasteiger partial charge < -0.3 is 9.88 Å². The van der Waals surface area contributed by atoms with Crippen molar-refractivity contribution in [3.63, 3.8) is 0 Å². The molecule has 2 aliphatic heterocycles. The van der Waals surface area contributed by atoms with Crippen molar-refractivity contribution in [2.45, 2.75) is 31.8 Å². The van der Waals surface area contributed by atoms with Gasteiger partial charge in [-0.1, -0.05) is 23.7 Å². The zero-order valence-corrected chi connectivity index (χ0v) is 15.5. The standard InChI is InChI=1S/C17H20ClN3O3S/c1-25(23,24)21-8-3-6-15(21)17(22)20-9-7-14-12(10-20)11-4-2-5-13(18)16(11)19-14/h2,4-5,15,19H,3,6-10H2,1H3/t15-/m1/s1. The molecule has 0 unspecified atom stereocenters. The second-order valence-corrected chi connectivity index (χ2v) is 9.13. The molecule has 1 aromatic heterocycles. The van der Waals surface area contributed by atoms with Crippen molar-refractivity contribution in [3.05, 3.63) is 34.5 Å². The van der Waals surface area contributed by atoms with Crippen LogP contribution in [0.25, 0.3) is 10.9 Å². The molecule has 4 rings (SSSR count). The van der Waals surface area contributed by atoms with Crippen molar-refractivity contribution >= 4 is 38.4 Å². The highest BCUT2D eigenvalue weighted by Gasteiger charge is 2.39. The van der Waals surface area contributed by atoms with Crippen molar-refractivity contribution in [2.24, 2.45) is 0 Å². The number of carbonyl (C=O) groups is 1. The number of H-pyrrole nitrogens is 1. The summed E-state index contributed by atoms with van der Waals surface area (Å²) in [5.74, 6) is -0.0926. The van der Waals surface area contributed by atoms with Crippen LogP contribution in [0.15, 0.2) is 18.2 Å². The van der Waals surface area contributed by atoms with E-state index in [4.69, 9.17) is 11.6 Å². The maximum absolute atomic E-state index is 13.0. The third-order valence-corrected chi connectivity index (χ3v) is 6.79. The minimum Gasteiger partial charge on any atom is -0.357 e. The van der Waals surface area contributed by atoms with E-state index in [1.807, 2.05) is 18.2 Å². The van der Waals surface area contributed by atoms with E-state index >= 15 is 0 Å². The van der Waals surface area contributed by atoms with Crippen LogP contribution in [-0.4, -0.2) is 53.9 Å². The van der Waals surface area contributed by atoms with Gasteiger partial charge >= 0.3 is 0 Å². The normalized spacial score (nSPS) is 21.7. The third kappa shape index (κ3) is 2.84. The topological polar surface area (TPSA) is 73.5 Å². The summed E-state index contributed by atoms with van der Waals surface area (Å²) in [5, 5.41) is 1.70. The van der Waals surface area contributed by atoms with Gasteiger partial charge in [0.15, 0.2) is 0 Å². The SMILES string of the molecule is CS(=O)(=O)N1CCC[C@@H]1C(=O)N1CCc2[nH]c3c(Cl)cccc3c2C1.